The van der Waals surface area contributed by atoms with E-state index in [1.54, 1.807) is 11.3 Å². The monoisotopic (exact) mass is 336 g/mol. The predicted octanol–water partition coefficient (Wildman–Crippen LogP) is 4.25. The van der Waals surface area contributed by atoms with Crippen molar-refractivity contribution in [3.05, 3.63) is 57.2 Å². The summed E-state index contributed by atoms with van der Waals surface area (Å²) in [6.07, 6.45) is 2.03. The largest absolute Gasteiger partial charge is 0.361 e. The molecule has 0 spiro atoms. The lowest BCUT2D eigenvalue weighted by atomic mass is 10.1. The van der Waals surface area contributed by atoms with Gasteiger partial charge in [-0.3, -0.25) is 4.99 Å². The number of benzene rings is 1. The molecule has 1 unspecified atom stereocenters. The second-order valence-electron chi connectivity index (χ2n) is 4.98. The summed E-state index contributed by atoms with van der Waals surface area (Å²) in [4.78, 5) is 5.95. The normalized spacial score (nSPS) is 19.9. The van der Waals surface area contributed by atoms with E-state index in [1.807, 2.05) is 17.8 Å². The third-order valence-electron chi connectivity index (χ3n) is 3.32. The molecule has 1 aliphatic heterocycles. The summed E-state index contributed by atoms with van der Waals surface area (Å²) in [7, 11) is 0. The fourth-order valence-corrected chi connectivity index (χ4v) is 4.36. The zero-order valence-electron chi connectivity index (χ0n) is 11.6. The van der Waals surface area contributed by atoms with Gasteiger partial charge in [0, 0.05) is 29.6 Å². The van der Waals surface area contributed by atoms with Crippen LogP contribution in [0.25, 0.3) is 0 Å². The fourth-order valence-electron chi connectivity index (χ4n) is 2.29. The minimum absolute atomic E-state index is 0.493. The Morgan fingerprint density at radius 1 is 1.19 bits per heavy atom. The van der Waals surface area contributed by atoms with Crippen molar-refractivity contribution in [2.24, 2.45) is 4.99 Å². The molecule has 1 atom stereocenters. The Labute approximate surface area is 138 Å². The Morgan fingerprint density at radius 2 is 2.05 bits per heavy atom. The number of hydrogen-bond donors (Lipinski definition) is 1. The zero-order valence-corrected chi connectivity index (χ0v) is 14.0. The molecule has 5 heteroatoms. The van der Waals surface area contributed by atoms with Crippen LogP contribution in [-0.2, 0) is 12.8 Å². The molecule has 1 aliphatic rings. The summed E-state index contributed by atoms with van der Waals surface area (Å²) in [6.45, 7) is 0.824. The maximum absolute atomic E-state index is 5.93. The first-order valence-electron chi connectivity index (χ1n) is 7.01. The SMILES string of the molecule is Clc1ccc(CCN=C2NC(Cc3ccccc3)CS2)s1. The van der Waals surface area contributed by atoms with Gasteiger partial charge in [-0.25, -0.2) is 0 Å². The van der Waals surface area contributed by atoms with E-state index in [-0.39, 0.29) is 0 Å². The average Bonchev–Trinajstić information content (AvgIpc) is 3.10. The van der Waals surface area contributed by atoms with E-state index in [0.29, 0.717) is 6.04 Å². The van der Waals surface area contributed by atoms with E-state index in [4.69, 9.17) is 11.6 Å². The minimum Gasteiger partial charge on any atom is -0.361 e. The Balaban J connectivity index is 1.46. The van der Waals surface area contributed by atoms with Crippen LogP contribution in [0.4, 0.5) is 0 Å². The van der Waals surface area contributed by atoms with Gasteiger partial charge in [-0.05, 0) is 24.1 Å². The molecule has 1 fully saturated rings. The molecule has 2 nitrogen and oxygen atoms in total. The van der Waals surface area contributed by atoms with Gasteiger partial charge in [0.05, 0.1) is 4.34 Å². The van der Waals surface area contributed by atoms with Crippen LogP contribution in [-0.4, -0.2) is 23.5 Å². The lowest BCUT2D eigenvalue weighted by Crippen LogP contribution is -2.29. The fraction of sp³-hybridized carbons (Fsp3) is 0.312. The van der Waals surface area contributed by atoms with Gasteiger partial charge in [0.1, 0.15) is 0 Å². The summed E-state index contributed by atoms with van der Waals surface area (Å²) >= 11 is 9.40. The van der Waals surface area contributed by atoms with Crippen molar-refractivity contribution >= 4 is 39.9 Å². The van der Waals surface area contributed by atoms with E-state index < -0.39 is 0 Å². The quantitative estimate of drug-likeness (QED) is 0.882. The van der Waals surface area contributed by atoms with Crippen molar-refractivity contribution in [3.8, 4) is 0 Å². The number of halogens is 1. The van der Waals surface area contributed by atoms with Crippen molar-refractivity contribution in [1.29, 1.82) is 0 Å². The summed E-state index contributed by atoms with van der Waals surface area (Å²) in [5.41, 5.74) is 1.38. The lowest BCUT2D eigenvalue weighted by molar-refractivity contribution is 0.686. The second-order valence-corrected chi connectivity index (χ2v) is 7.79. The third-order valence-corrected chi connectivity index (χ3v) is 5.70. The molecular formula is C16H17ClN2S2. The summed E-state index contributed by atoms with van der Waals surface area (Å²) in [5.74, 6) is 1.10. The first-order chi connectivity index (χ1) is 10.3. The van der Waals surface area contributed by atoms with Crippen LogP contribution in [0.5, 0.6) is 0 Å². The van der Waals surface area contributed by atoms with Gasteiger partial charge in [-0.1, -0.05) is 53.7 Å². The van der Waals surface area contributed by atoms with Crippen molar-refractivity contribution in [1.82, 2.24) is 5.32 Å². The van der Waals surface area contributed by atoms with Gasteiger partial charge in [0.15, 0.2) is 5.17 Å². The average molecular weight is 337 g/mol. The number of nitrogens with one attached hydrogen (secondary N) is 1. The van der Waals surface area contributed by atoms with Crippen LogP contribution in [0.3, 0.4) is 0 Å². The van der Waals surface area contributed by atoms with Crippen LogP contribution >= 0.6 is 34.7 Å². The molecule has 1 N–H and O–H groups in total. The molecule has 1 aromatic heterocycles. The van der Waals surface area contributed by atoms with E-state index in [1.165, 1.54) is 10.4 Å². The van der Waals surface area contributed by atoms with Crippen LogP contribution < -0.4 is 5.32 Å². The zero-order chi connectivity index (χ0) is 14.5. The number of thiophene rings is 1. The van der Waals surface area contributed by atoms with Gasteiger partial charge in [-0.15, -0.1) is 11.3 Å². The maximum Gasteiger partial charge on any atom is 0.156 e. The minimum atomic E-state index is 0.493. The Bertz CT molecular complexity index is 610. The van der Waals surface area contributed by atoms with Crippen LogP contribution in [0.2, 0.25) is 4.34 Å². The van der Waals surface area contributed by atoms with Crippen LogP contribution in [0.15, 0.2) is 47.5 Å². The molecule has 110 valence electrons. The van der Waals surface area contributed by atoms with E-state index in [2.05, 4.69) is 46.7 Å². The van der Waals surface area contributed by atoms with Crippen molar-refractivity contribution in [3.63, 3.8) is 0 Å². The number of nitrogens with zero attached hydrogens (tertiary/aromatic N) is 1. The van der Waals surface area contributed by atoms with E-state index >= 15 is 0 Å². The Morgan fingerprint density at radius 3 is 2.81 bits per heavy atom. The molecule has 2 heterocycles. The molecule has 1 aromatic carbocycles. The van der Waals surface area contributed by atoms with Gasteiger partial charge in [-0.2, -0.15) is 0 Å². The number of aliphatic imine (C=N–C) groups is 1. The van der Waals surface area contributed by atoms with Gasteiger partial charge in [0.2, 0.25) is 0 Å². The Hall–Kier alpha value is -0.970. The third kappa shape index (κ3) is 4.50. The summed E-state index contributed by atoms with van der Waals surface area (Å²) in [5, 5.41) is 4.60. The number of amidine groups is 1. The molecule has 3 rings (SSSR count). The first kappa shape index (κ1) is 14.9. The Kier molecular flexibility index (Phi) is 5.22. The molecule has 0 bridgehead atoms. The second kappa shape index (κ2) is 7.34. The van der Waals surface area contributed by atoms with Crippen LogP contribution in [0, 0.1) is 0 Å². The molecule has 21 heavy (non-hydrogen) atoms. The molecule has 0 amide bonds. The number of thioether (sulfide) groups is 1. The highest BCUT2D eigenvalue weighted by molar-refractivity contribution is 8.14. The maximum atomic E-state index is 5.93. The highest BCUT2D eigenvalue weighted by Crippen LogP contribution is 2.22. The number of hydrogen-bond acceptors (Lipinski definition) is 3. The topological polar surface area (TPSA) is 24.4 Å². The predicted molar refractivity (Wildman–Crippen MR) is 94.9 cm³/mol. The summed E-state index contributed by atoms with van der Waals surface area (Å²) < 4.78 is 0.856. The molecule has 1 saturated heterocycles. The number of rotatable bonds is 5. The smallest absolute Gasteiger partial charge is 0.156 e. The molecular weight excluding hydrogens is 320 g/mol. The van der Waals surface area contributed by atoms with E-state index in [9.17, 15) is 0 Å². The van der Waals surface area contributed by atoms with Gasteiger partial charge >= 0.3 is 0 Å². The molecule has 2 aromatic rings. The van der Waals surface area contributed by atoms with Crippen LogP contribution in [0.1, 0.15) is 10.4 Å². The summed E-state index contributed by atoms with van der Waals surface area (Å²) in [6, 6.07) is 15.1. The molecule has 0 saturated carbocycles. The highest BCUT2D eigenvalue weighted by atomic mass is 35.5. The van der Waals surface area contributed by atoms with Crippen molar-refractivity contribution in [2.45, 2.75) is 18.9 Å². The lowest BCUT2D eigenvalue weighted by Gasteiger charge is -2.09. The van der Waals surface area contributed by atoms with Gasteiger partial charge in [0.25, 0.3) is 0 Å². The molecule has 0 aliphatic carbocycles. The highest BCUT2D eigenvalue weighted by Gasteiger charge is 2.20. The van der Waals surface area contributed by atoms with Crippen molar-refractivity contribution in [2.75, 3.05) is 12.3 Å². The van der Waals surface area contributed by atoms with Crippen molar-refractivity contribution < 1.29 is 0 Å². The van der Waals surface area contributed by atoms with E-state index in [0.717, 1.165) is 34.6 Å². The first-order valence-corrected chi connectivity index (χ1v) is 9.19. The standard InChI is InChI=1S/C16H17ClN2S2/c17-15-7-6-14(21-15)8-9-18-16-19-13(11-20-16)10-12-4-2-1-3-5-12/h1-7,13H,8-11H2,(H,18,19). The van der Waals surface area contributed by atoms with Gasteiger partial charge < -0.3 is 5.32 Å². The molecule has 0 radical (unpaired) electrons.